The van der Waals surface area contributed by atoms with E-state index in [0.717, 1.165) is 16.6 Å². The molecule has 0 N–H and O–H groups in total. The molecule has 0 fully saturated rings. The minimum Gasteiger partial charge on any atom is 0 e. The SMILES string of the molecule is [2H]C([2H])([2H])c1ccc(-c2[c-]cccc2)nc1.[2H]C([2H])([2H])c1ncc[c-]c1-c1cc2c(cn1)[se]c1ccccc12.[Ir]. The van der Waals surface area contributed by atoms with Crippen molar-refractivity contribution in [2.45, 2.75) is 13.7 Å². The molecule has 169 valence electrons. The van der Waals surface area contributed by atoms with E-state index in [1.165, 1.54) is 26.3 Å². The van der Waals surface area contributed by atoms with E-state index >= 15 is 0 Å². The number of fused-ring (bicyclic) bond motifs is 3. The zero-order valence-electron chi connectivity index (χ0n) is 23.7. The van der Waals surface area contributed by atoms with Crippen LogP contribution in [-0.4, -0.2) is 29.5 Å². The van der Waals surface area contributed by atoms with Gasteiger partial charge in [0.1, 0.15) is 0 Å². The van der Waals surface area contributed by atoms with Gasteiger partial charge in [0.05, 0.1) is 0 Å². The maximum atomic E-state index is 7.66. The quantitative estimate of drug-likeness (QED) is 0.155. The summed E-state index contributed by atoms with van der Waals surface area (Å²) in [5.41, 5.74) is 2.95. The van der Waals surface area contributed by atoms with Crippen LogP contribution in [0.4, 0.5) is 0 Å². The van der Waals surface area contributed by atoms with Gasteiger partial charge in [0, 0.05) is 30.4 Å². The summed E-state index contributed by atoms with van der Waals surface area (Å²) in [5, 5.41) is 2.35. The van der Waals surface area contributed by atoms with E-state index in [1.54, 1.807) is 24.3 Å². The van der Waals surface area contributed by atoms with Crippen molar-refractivity contribution in [2.24, 2.45) is 0 Å². The molecule has 2 aromatic carbocycles. The molecule has 0 spiro atoms. The zero-order chi connectivity index (χ0) is 27.6. The molecular formula is C29H21IrN3Se-2. The van der Waals surface area contributed by atoms with Gasteiger partial charge in [-0.25, -0.2) is 0 Å². The Morgan fingerprint density at radius 3 is 2.44 bits per heavy atom. The van der Waals surface area contributed by atoms with Crippen LogP contribution in [0.2, 0.25) is 0 Å². The van der Waals surface area contributed by atoms with Gasteiger partial charge in [-0.3, -0.25) is 0 Å². The molecule has 0 saturated carbocycles. The maximum absolute atomic E-state index is 7.66. The second kappa shape index (κ2) is 11.0. The van der Waals surface area contributed by atoms with Crippen LogP contribution in [-0.2, 0) is 20.1 Å². The van der Waals surface area contributed by atoms with Crippen molar-refractivity contribution in [1.82, 2.24) is 15.0 Å². The monoisotopic (exact) mass is 690 g/mol. The van der Waals surface area contributed by atoms with Crippen LogP contribution < -0.4 is 0 Å². The summed E-state index contributed by atoms with van der Waals surface area (Å²) in [5.74, 6) is 0. The molecule has 0 bridgehead atoms. The number of aromatic nitrogens is 3. The molecule has 4 heterocycles. The molecule has 6 rings (SSSR count). The number of hydrogen-bond acceptors (Lipinski definition) is 3. The van der Waals surface area contributed by atoms with Crippen LogP contribution in [0.1, 0.15) is 19.5 Å². The molecule has 0 aliphatic heterocycles. The van der Waals surface area contributed by atoms with Gasteiger partial charge >= 0.3 is 127 Å². The molecule has 6 aromatic rings. The molecule has 5 heteroatoms. The number of aryl methyl sites for hydroxylation is 2. The fourth-order valence-electron chi connectivity index (χ4n) is 3.43. The Kier molecular flexibility index (Phi) is 5.65. The Bertz CT molecular complexity index is 1730. The van der Waals surface area contributed by atoms with Crippen molar-refractivity contribution in [3.63, 3.8) is 0 Å². The van der Waals surface area contributed by atoms with Crippen molar-refractivity contribution in [1.29, 1.82) is 0 Å². The van der Waals surface area contributed by atoms with E-state index in [1.807, 2.05) is 42.6 Å². The van der Waals surface area contributed by atoms with Crippen molar-refractivity contribution >= 4 is 33.8 Å². The maximum Gasteiger partial charge on any atom is 0 e. The smallest absolute Gasteiger partial charge is 0 e. The predicted molar refractivity (Wildman–Crippen MR) is 136 cm³/mol. The second-order valence-corrected chi connectivity index (χ2v) is 9.46. The fraction of sp³-hybridized carbons (Fsp3) is 0.0690. The topological polar surface area (TPSA) is 38.7 Å². The van der Waals surface area contributed by atoms with Gasteiger partial charge in [-0.05, 0) is 18.1 Å². The predicted octanol–water partition coefficient (Wildman–Crippen LogP) is 6.47. The van der Waals surface area contributed by atoms with Crippen LogP contribution in [0.15, 0.2) is 91.4 Å². The Morgan fingerprint density at radius 1 is 0.765 bits per heavy atom. The summed E-state index contributed by atoms with van der Waals surface area (Å²) in [6, 6.07) is 28.7. The average Bonchev–Trinajstić information content (AvgIpc) is 3.31. The number of hydrogen-bond donors (Lipinski definition) is 0. The second-order valence-electron chi connectivity index (χ2n) is 7.19. The first-order valence-electron chi connectivity index (χ1n) is 13.2. The first kappa shape index (κ1) is 17.5. The Hall–Kier alpha value is -2.94. The van der Waals surface area contributed by atoms with Crippen molar-refractivity contribution < 1.29 is 28.3 Å². The Labute approximate surface area is 227 Å². The van der Waals surface area contributed by atoms with Crippen molar-refractivity contribution in [3.8, 4) is 22.5 Å². The standard InChI is InChI=1S/C17H11N2Se.C12H10N.Ir/c1-11-12(6-4-8-18-11)15-9-14-13-5-2-3-7-16(13)20-17(14)10-19-15;1-10-7-8-12(13-9-10)11-5-3-2-4-6-11;/h2-5,7-10H,1H3;2-5,7-9H,1H3;/q2*-1;/i2*1D3;. The van der Waals surface area contributed by atoms with E-state index in [4.69, 9.17) is 8.22 Å². The summed E-state index contributed by atoms with van der Waals surface area (Å²) in [6.45, 7) is -4.37. The minimum absolute atomic E-state index is 0. The third-order valence-corrected chi connectivity index (χ3v) is 7.36. The molecule has 0 saturated heterocycles. The molecule has 0 unspecified atom stereocenters. The van der Waals surface area contributed by atoms with E-state index < -0.39 is 13.7 Å². The molecular weight excluding hydrogens is 662 g/mol. The first-order chi connectivity index (χ1) is 18.6. The Balaban J connectivity index is 0.000000192. The van der Waals surface area contributed by atoms with Gasteiger partial charge < -0.3 is 4.98 Å². The van der Waals surface area contributed by atoms with E-state index in [2.05, 4.69) is 39.2 Å². The van der Waals surface area contributed by atoms with Crippen molar-refractivity contribution in [3.05, 3.63) is 115 Å². The molecule has 0 aliphatic rings. The van der Waals surface area contributed by atoms with Gasteiger partial charge in [0.2, 0.25) is 0 Å². The number of rotatable bonds is 2. The first-order valence-corrected chi connectivity index (χ1v) is 11.9. The molecule has 34 heavy (non-hydrogen) atoms. The van der Waals surface area contributed by atoms with E-state index in [-0.39, 0.29) is 45.9 Å². The summed E-state index contributed by atoms with van der Waals surface area (Å²) in [7, 11) is 0. The average molecular weight is 689 g/mol. The molecule has 0 aliphatic carbocycles. The zero-order valence-corrected chi connectivity index (χ0v) is 21.9. The molecule has 0 amide bonds. The van der Waals surface area contributed by atoms with E-state index in [9.17, 15) is 0 Å². The minimum atomic E-state index is -2.28. The number of pyridine rings is 3. The van der Waals surface area contributed by atoms with Gasteiger partial charge in [-0.15, -0.1) is 35.9 Å². The summed E-state index contributed by atoms with van der Waals surface area (Å²) >= 11 is 0.253. The molecule has 1 radical (unpaired) electrons. The molecule has 4 aromatic heterocycles. The van der Waals surface area contributed by atoms with Crippen LogP contribution in [0.5, 0.6) is 0 Å². The van der Waals surface area contributed by atoms with Crippen LogP contribution in [0, 0.1) is 25.8 Å². The third-order valence-electron chi connectivity index (χ3n) is 5.01. The van der Waals surface area contributed by atoms with Crippen LogP contribution in [0.25, 0.3) is 41.8 Å². The third kappa shape index (κ3) is 5.24. The van der Waals surface area contributed by atoms with Gasteiger partial charge in [0.15, 0.2) is 0 Å². The summed E-state index contributed by atoms with van der Waals surface area (Å²) in [4.78, 5) is 12.6. The normalized spacial score (nSPS) is 13.8. The Morgan fingerprint density at radius 2 is 1.65 bits per heavy atom. The van der Waals surface area contributed by atoms with Gasteiger partial charge in [0.25, 0.3) is 0 Å². The van der Waals surface area contributed by atoms with Gasteiger partial charge in [-0.2, -0.15) is 0 Å². The molecule has 0 atom stereocenters. The van der Waals surface area contributed by atoms with E-state index in [0.29, 0.717) is 11.3 Å². The van der Waals surface area contributed by atoms with Gasteiger partial charge in [-0.1, -0.05) is 12.1 Å². The largest absolute Gasteiger partial charge is 0 e. The molecule has 3 nitrogen and oxygen atoms in total. The van der Waals surface area contributed by atoms with Crippen LogP contribution >= 0.6 is 0 Å². The summed E-state index contributed by atoms with van der Waals surface area (Å²) in [6.07, 6.45) is 4.70. The number of benzene rings is 2. The summed E-state index contributed by atoms with van der Waals surface area (Å²) < 4.78 is 47.2. The number of nitrogens with zero attached hydrogens (tertiary/aromatic N) is 3. The van der Waals surface area contributed by atoms with Crippen molar-refractivity contribution in [2.75, 3.05) is 0 Å². The fourth-order valence-corrected chi connectivity index (χ4v) is 5.65. The van der Waals surface area contributed by atoms with Crippen LogP contribution in [0.3, 0.4) is 0 Å².